The number of rotatable bonds is 11. The van der Waals surface area contributed by atoms with Crippen molar-refractivity contribution in [3.8, 4) is 5.75 Å². The van der Waals surface area contributed by atoms with Crippen molar-refractivity contribution in [3.05, 3.63) is 39.7 Å². The Balaban J connectivity index is 1.51. The number of nitrogens with zero attached hydrogens (tertiary/aromatic N) is 5. The standard InChI is InChI=1S/C30H38ClF2N5O6/c1-30(29(41)42)11-4-3-6-19(30)28(40)37-13-10-18-20(31)8-9-23(25(18)22(37)16-36-12-5-7-24(36)39)44-17-21-26(27(32)33)38(35-34-21)14-15-43-2/h8-9,19,22,27H,3-7,10-17H2,1-2H3,(H,41,42)/t19?,22-,30?/m1/s1. The number of hydrogen-bond donors (Lipinski definition) is 1. The van der Waals surface area contributed by atoms with Crippen LogP contribution in [-0.2, 0) is 38.7 Å². The van der Waals surface area contributed by atoms with Gasteiger partial charge in [0.1, 0.15) is 23.7 Å². The van der Waals surface area contributed by atoms with Gasteiger partial charge in [-0.25, -0.2) is 13.5 Å². The number of aromatic nitrogens is 3. The molecular weight excluding hydrogens is 600 g/mol. The summed E-state index contributed by atoms with van der Waals surface area (Å²) in [6.07, 6.45) is 0.961. The Morgan fingerprint density at radius 2 is 2.00 bits per heavy atom. The van der Waals surface area contributed by atoms with E-state index >= 15 is 0 Å². The molecule has 1 saturated heterocycles. The highest BCUT2D eigenvalue weighted by atomic mass is 35.5. The summed E-state index contributed by atoms with van der Waals surface area (Å²) in [5.41, 5.74) is -0.278. The smallest absolute Gasteiger partial charge is 0.310 e. The Morgan fingerprint density at radius 1 is 1.20 bits per heavy atom. The number of aliphatic carboxylic acids is 1. The van der Waals surface area contributed by atoms with Crippen molar-refractivity contribution in [1.29, 1.82) is 0 Å². The third-order valence-electron chi connectivity index (χ3n) is 9.34. The zero-order valence-electron chi connectivity index (χ0n) is 24.9. The number of carboxylic acids is 1. The maximum Gasteiger partial charge on any atom is 0.310 e. The molecule has 2 aromatic rings. The first-order valence-electron chi connectivity index (χ1n) is 15.0. The van der Waals surface area contributed by atoms with Crippen LogP contribution in [0, 0.1) is 11.3 Å². The van der Waals surface area contributed by atoms with Gasteiger partial charge in [0, 0.05) is 43.8 Å². The molecule has 1 N–H and O–H groups in total. The topological polar surface area (TPSA) is 127 Å². The van der Waals surface area contributed by atoms with Crippen molar-refractivity contribution in [2.75, 3.05) is 33.4 Å². The molecular formula is C30H38ClF2N5O6. The second kappa shape index (κ2) is 13.4. The first-order chi connectivity index (χ1) is 21.1. The lowest BCUT2D eigenvalue weighted by molar-refractivity contribution is -0.162. The maximum absolute atomic E-state index is 14.3. The summed E-state index contributed by atoms with van der Waals surface area (Å²) < 4.78 is 40.3. The van der Waals surface area contributed by atoms with Crippen LogP contribution in [0.4, 0.5) is 8.78 Å². The molecule has 2 amide bonds. The largest absolute Gasteiger partial charge is 0.487 e. The van der Waals surface area contributed by atoms with Crippen LogP contribution >= 0.6 is 11.6 Å². The highest BCUT2D eigenvalue weighted by Gasteiger charge is 2.50. The second-order valence-electron chi connectivity index (χ2n) is 11.9. The lowest BCUT2D eigenvalue weighted by Crippen LogP contribution is -2.52. The van der Waals surface area contributed by atoms with E-state index in [1.807, 2.05) is 0 Å². The molecule has 1 aromatic heterocycles. The van der Waals surface area contributed by atoms with E-state index in [4.69, 9.17) is 21.1 Å². The summed E-state index contributed by atoms with van der Waals surface area (Å²) in [5.74, 6) is -1.71. The van der Waals surface area contributed by atoms with E-state index in [1.54, 1.807) is 28.9 Å². The third-order valence-corrected chi connectivity index (χ3v) is 9.69. The Bertz CT molecular complexity index is 1410. The number of fused-ring (bicyclic) bond motifs is 1. The van der Waals surface area contributed by atoms with E-state index < -0.39 is 29.8 Å². The van der Waals surface area contributed by atoms with Crippen molar-refractivity contribution < 1.29 is 37.7 Å². The third kappa shape index (κ3) is 6.13. The Labute approximate surface area is 259 Å². The van der Waals surface area contributed by atoms with Crippen molar-refractivity contribution in [2.24, 2.45) is 11.3 Å². The number of alkyl halides is 2. The van der Waals surface area contributed by atoms with Gasteiger partial charge in [0.05, 0.1) is 30.5 Å². The number of halogens is 3. The van der Waals surface area contributed by atoms with Crippen LogP contribution in [0.25, 0.3) is 0 Å². The van der Waals surface area contributed by atoms with Crippen molar-refractivity contribution >= 4 is 29.4 Å². The average molecular weight is 638 g/mol. The predicted octanol–water partition coefficient (Wildman–Crippen LogP) is 4.42. The molecule has 5 rings (SSSR count). The van der Waals surface area contributed by atoms with Gasteiger partial charge in [0.25, 0.3) is 6.43 Å². The molecule has 14 heteroatoms. The summed E-state index contributed by atoms with van der Waals surface area (Å²) in [6.45, 7) is 2.60. The maximum atomic E-state index is 14.3. The van der Waals surface area contributed by atoms with E-state index in [-0.39, 0.29) is 56.1 Å². The number of carboxylic acid groups (broad SMARTS) is 1. The normalized spacial score (nSPS) is 23.7. The van der Waals surface area contributed by atoms with Crippen molar-refractivity contribution in [3.63, 3.8) is 0 Å². The Hall–Kier alpha value is -3.32. The molecule has 1 saturated carbocycles. The zero-order valence-corrected chi connectivity index (χ0v) is 25.7. The number of methoxy groups -OCH3 is 1. The number of ether oxygens (including phenoxy) is 2. The monoisotopic (exact) mass is 637 g/mol. The highest BCUT2D eigenvalue weighted by molar-refractivity contribution is 6.31. The van der Waals surface area contributed by atoms with Gasteiger partial charge in [-0.3, -0.25) is 14.4 Å². The first kappa shape index (κ1) is 32.1. The van der Waals surface area contributed by atoms with Crippen LogP contribution in [0.15, 0.2) is 12.1 Å². The van der Waals surface area contributed by atoms with Gasteiger partial charge in [-0.1, -0.05) is 29.7 Å². The molecule has 0 spiro atoms. The quantitative estimate of drug-likeness (QED) is 0.384. The van der Waals surface area contributed by atoms with E-state index in [0.717, 1.165) is 23.1 Å². The van der Waals surface area contributed by atoms with E-state index in [0.29, 0.717) is 55.0 Å². The number of hydrogen-bond acceptors (Lipinski definition) is 7. The number of benzene rings is 1. The molecule has 2 fully saturated rings. The van der Waals surface area contributed by atoms with Crippen LogP contribution < -0.4 is 4.74 Å². The Morgan fingerprint density at radius 3 is 2.68 bits per heavy atom. The summed E-state index contributed by atoms with van der Waals surface area (Å²) >= 11 is 6.67. The minimum atomic E-state index is -2.85. The minimum absolute atomic E-state index is 0.0312. The second-order valence-corrected chi connectivity index (χ2v) is 12.3. The van der Waals surface area contributed by atoms with Crippen molar-refractivity contribution in [1.82, 2.24) is 24.8 Å². The molecule has 44 heavy (non-hydrogen) atoms. The van der Waals surface area contributed by atoms with Crippen LogP contribution in [0.3, 0.4) is 0 Å². The number of amides is 2. The summed E-state index contributed by atoms with van der Waals surface area (Å²) in [4.78, 5) is 42.8. The van der Waals surface area contributed by atoms with E-state index in [1.165, 1.54) is 7.11 Å². The van der Waals surface area contributed by atoms with Crippen LogP contribution in [0.5, 0.6) is 5.75 Å². The summed E-state index contributed by atoms with van der Waals surface area (Å²) in [6, 6.07) is 2.62. The van der Waals surface area contributed by atoms with Crippen LogP contribution in [0.2, 0.25) is 5.02 Å². The zero-order chi connectivity index (χ0) is 31.6. The summed E-state index contributed by atoms with van der Waals surface area (Å²) in [7, 11) is 1.46. The van der Waals surface area contributed by atoms with Gasteiger partial charge in [-0.05, 0) is 50.3 Å². The number of carbonyl (C=O) groups excluding carboxylic acids is 2. The molecule has 1 aliphatic carbocycles. The molecule has 3 heterocycles. The molecule has 2 aliphatic heterocycles. The Kier molecular flexibility index (Phi) is 9.74. The van der Waals surface area contributed by atoms with Gasteiger partial charge in [0.15, 0.2) is 0 Å². The number of likely N-dealkylation sites (tertiary alicyclic amines) is 1. The molecule has 3 atom stereocenters. The van der Waals surface area contributed by atoms with Gasteiger partial charge >= 0.3 is 5.97 Å². The predicted molar refractivity (Wildman–Crippen MR) is 154 cm³/mol. The average Bonchev–Trinajstić information content (AvgIpc) is 3.61. The molecule has 0 radical (unpaired) electrons. The van der Waals surface area contributed by atoms with Gasteiger partial charge in [-0.15, -0.1) is 5.10 Å². The lowest BCUT2D eigenvalue weighted by Gasteiger charge is -2.45. The van der Waals surface area contributed by atoms with E-state index in [2.05, 4.69) is 10.3 Å². The fourth-order valence-corrected chi connectivity index (χ4v) is 7.10. The molecule has 0 bridgehead atoms. The van der Waals surface area contributed by atoms with Gasteiger partial charge < -0.3 is 24.4 Å². The molecule has 3 aliphatic rings. The first-order valence-corrected chi connectivity index (χ1v) is 15.4. The minimum Gasteiger partial charge on any atom is -0.487 e. The molecule has 2 unspecified atom stereocenters. The fourth-order valence-electron chi connectivity index (χ4n) is 6.84. The number of carbonyl (C=O) groups is 3. The van der Waals surface area contributed by atoms with E-state index in [9.17, 15) is 28.3 Å². The molecule has 240 valence electrons. The van der Waals surface area contributed by atoms with Crippen LogP contribution in [0.1, 0.15) is 80.4 Å². The lowest BCUT2D eigenvalue weighted by atomic mass is 9.66. The highest BCUT2D eigenvalue weighted by Crippen LogP contribution is 2.46. The SMILES string of the molecule is COCCn1nnc(COc2ccc(Cl)c3c2[C@@H](CN2CCCC2=O)N(C(=O)C2CCCCC2(C)C(=O)O)CC3)c1C(F)F. The van der Waals surface area contributed by atoms with Crippen LogP contribution in [-0.4, -0.2) is 81.0 Å². The molecule has 1 aromatic carbocycles. The van der Waals surface area contributed by atoms with Crippen molar-refractivity contribution in [2.45, 2.75) is 77.5 Å². The fraction of sp³-hybridized carbons (Fsp3) is 0.633. The van der Waals surface area contributed by atoms with Gasteiger partial charge in [-0.2, -0.15) is 0 Å². The molecule has 11 nitrogen and oxygen atoms in total. The summed E-state index contributed by atoms with van der Waals surface area (Å²) in [5, 5.41) is 18.4. The van der Waals surface area contributed by atoms with Gasteiger partial charge in [0.2, 0.25) is 11.8 Å².